The zero-order valence-corrected chi connectivity index (χ0v) is 11.7. The second-order valence-electron chi connectivity index (χ2n) is 3.74. The lowest BCUT2D eigenvalue weighted by atomic mass is 10.2. The number of imidazole rings is 1. The number of pyridine rings is 1. The Morgan fingerprint density at radius 2 is 2.24 bits per heavy atom. The smallest absolute Gasteiger partial charge is 0.157 e. The van der Waals surface area contributed by atoms with Gasteiger partial charge in [-0.1, -0.05) is 23.2 Å². The molecule has 2 N–H and O–H groups in total. The van der Waals surface area contributed by atoms with Crippen LogP contribution in [0.5, 0.6) is 0 Å². The lowest BCUT2D eigenvalue weighted by molar-refractivity contribution is 0.908. The topological polar surface area (TPSA) is 43.3 Å². The molecule has 0 bridgehead atoms. The highest BCUT2D eigenvalue weighted by molar-refractivity contribution is 7.98. The van der Waals surface area contributed by atoms with Crippen LogP contribution in [-0.4, -0.2) is 21.4 Å². The van der Waals surface area contributed by atoms with Gasteiger partial charge in [0.05, 0.1) is 15.7 Å². The minimum absolute atomic E-state index is 0.528. The van der Waals surface area contributed by atoms with Gasteiger partial charge in [0, 0.05) is 6.20 Å². The van der Waals surface area contributed by atoms with E-state index in [1.165, 1.54) is 0 Å². The Morgan fingerprint density at radius 3 is 2.94 bits per heavy atom. The van der Waals surface area contributed by atoms with Crippen LogP contribution in [0.25, 0.3) is 5.65 Å². The largest absolute Gasteiger partial charge is 0.383 e. The molecule has 0 saturated heterocycles. The fourth-order valence-electron chi connectivity index (χ4n) is 1.71. The van der Waals surface area contributed by atoms with E-state index in [0.717, 1.165) is 24.3 Å². The monoisotopic (exact) mass is 289 g/mol. The van der Waals surface area contributed by atoms with Gasteiger partial charge >= 0.3 is 0 Å². The number of nitrogen functional groups attached to an aromatic ring is 1. The van der Waals surface area contributed by atoms with Gasteiger partial charge in [0.15, 0.2) is 5.65 Å². The number of aryl methyl sites for hydroxylation is 1. The molecular weight excluding hydrogens is 277 g/mol. The molecule has 0 radical (unpaired) electrons. The fraction of sp³-hybridized carbons (Fsp3) is 0.364. The maximum Gasteiger partial charge on any atom is 0.157 e. The summed E-state index contributed by atoms with van der Waals surface area (Å²) in [5.41, 5.74) is 7.60. The zero-order valence-electron chi connectivity index (χ0n) is 9.41. The number of thioether (sulfide) groups is 1. The van der Waals surface area contributed by atoms with Crippen molar-refractivity contribution >= 4 is 46.4 Å². The number of hydrogen-bond acceptors (Lipinski definition) is 3. The van der Waals surface area contributed by atoms with Crippen molar-refractivity contribution in [3.63, 3.8) is 0 Å². The zero-order chi connectivity index (χ0) is 12.4. The molecule has 0 saturated carbocycles. The van der Waals surface area contributed by atoms with Crippen LogP contribution in [0.15, 0.2) is 12.3 Å². The molecule has 0 aliphatic rings. The summed E-state index contributed by atoms with van der Waals surface area (Å²) in [7, 11) is 0. The number of aromatic nitrogens is 2. The van der Waals surface area contributed by atoms with Gasteiger partial charge in [-0.25, -0.2) is 4.98 Å². The number of nitrogens with two attached hydrogens (primary N) is 1. The van der Waals surface area contributed by atoms with E-state index in [4.69, 9.17) is 28.9 Å². The summed E-state index contributed by atoms with van der Waals surface area (Å²) >= 11 is 13.8. The van der Waals surface area contributed by atoms with Gasteiger partial charge in [0.1, 0.15) is 5.82 Å². The van der Waals surface area contributed by atoms with Crippen LogP contribution in [0.1, 0.15) is 12.1 Å². The number of halogens is 2. The molecule has 2 aromatic heterocycles. The highest BCUT2D eigenvalue weighted by atomic mass is 35.5. The molecule has 17 heavy (non-hydrogen) atoms. The Labute approximate surface area is 114 Å². The summed E-state index contributed by atoms with van der Waals surface area (Å²) in [6.45, 7) is 0. The Kier molecular flexibility index (Phi) is 4.07. The summed E-state index contributed by atoms with van der Waals surface area (Å²) in [4.78, 5) is 4.46. The van der Waals surface area contributed by atoms with Gasteiger partial charge in [-0.2, -0.15) is 11.8 Å². The molecule has 6 heteroatoms. The number of fused-ring (bicyclic) bond motifs is 1. The van der Waals surface area contributed by atoms with Gasteiger partial charge in [-0.3, -0.25) is 4.40 Å². The molecule has 0 aromatic carbocycles. The lowest BCUT2D eigenvalue weighted by Crippen LogP contribution is -1.97. The predicted octanol–water partition coefficient (Wildman–Crippen LogP) is 3.52. The van der Waals surface area contributed by atoms with E-state index >= 15 is 0 Å². The van der Waals surface area contributed by atoms with Crippen LogP contribution in [0, 0.1) is 0 Å². The Morgan fingerprint density at radius 1 is 1.47 bits per heavy atom. The van der Waals surface area contributed by atoms with Crippen molar-refractivity contribution in [1.82, 2.24) is 9.38 Å². The average molecular weight is 290 g/mol. The minimum atomic E-state index is 0.528. The Balaban J connectivity index is 2.39. The maximum absolute atomic E-state index is 6.08. The summed E-state index contributed by atoms with van der Waals surface area (Å²) in [5.74, 6) is 1.73. The normalized spacial score (nSPS) is 11.2. The van der Waals surface area contributed by atoms with Crippen LogP contribution in [0.4, 0.5) is 5.82 Å². The van der Waals surface area contributed by atoms with Crippen LogP contribution >= 0.6 is 35.0 Å². The standard InChI is InChI=1S/C11H13Cl2N3S/c1-17-4-2-3-9-10(14)16-6-7(12)5-8(13)11(16)15-9/h5-6H,2-4,14H2,1H3. The molecule has 0 aliphatic heterocycles. The molecular formula is C11H13Cl2N3S. The molecule has 2 rings (SSSR count). The van der Waals surface area contributed by atoms with Gasteiger partial charge in [-0.15, -0.1) is 0 Å². The lowest BCUT2D eigenvalue weighted by Gasteiger charge is -2.00. The number of nitrogens with zero attached hydrogens (tertiary/aromatic N) is 2. The second-order valence-corrected chi connectivity index (χ2v) is 5.57. The van der Waals surface area contributed by atoms with E-state index in [1.54, 1.807) is 16.7 Å². The first kappa shape index (κ1) is 12.9. The fourth-order valence-corrected chi connectivity index (χ4v) is 2.65. The van der Waals surface area contributed by atoms with Gasteiger partial charge in [0.2, 0.25) is 0 Å². The van der Waals surface area contributed by atoms with Crippen molar-refractivity contribution in [2.75, 3.05) is 17.7 Å². The van der Waals surface area contributed by atoms with Crippen molar-refractivity contribution in [1.29, 1.82) is 0 Å². The van der Waals surface area contributed by atoms with Crippen LogP contribution in [-0.2, 0) is 6.42 Å². The highest BCUT2D eigenvalue weighted by Gasteiger charge is 2.12. The SMILES string of the molecule is CSCCCc1nc2c(Cl)cc(Cl)cn2c1N. The van der Waals surface area contributed by atoms with E-state index in [9.17, 15) is 0 Å². The molecule has 92 valence electrons. The molecule has 0 spiro atoms. The van der Waals surface area contributed by atoms with E-state index in [2.05, 4.69) is 11.2 Å². The third kappa shape index (κ3) is 2.64. The number of anilines is 1. The molecule has 0 unspecified atom stereocenters. The van der Waals surface area contributed by atoms with Crippen molar-refractivity contribution in [2.24, 2.45) is 0 Å². The third-order valence-electron chi connectivity index (χ3n) is 2.52. The van der Waals surface area contributed by atoms with Crippen molar-refractivity contribution in [2.45, 2.75) is 12.8 Å². The van der Waals surface area contributed by atoms with Gasteiger partial charge < -0.3 is 5.73 Å². The Bertz CT molecular complexity index is 539. The molecule has 0 aliphatic carbocycles. The van der Waals surface area contributed by atoms with Gasteiger partial charge in [-0.05, 0) is 30.9 Å². The van der Waals surface area contributed by atoms with Crippen LogP contribution in [0.2, 0.25) is 10.0 Å². The first-order valence-electron chi connectivity index (χ1n) is 5.24. The minimum Gasteiger partial charge on any atom is -0.383 e. The third-order valence-corrected chi connectivity index (χ3v) is 3.70. The summed E-state index contributed by atoms with van der Waals surface area (Å²) < 4.78 is 1.75. The molecule has 0 atom stereocenters. The highest BCUT2D eigenvalue weighted by Crippen LogP contribution is 2.26. The quantitative estimate of drug-likeness (QED) is 0.876. The average Bonchev–Trinajstić information content (AvgIpc) is 2.58. The van der Waals surface area contributed by atoms with Crippen molar-refractivity contribution in [3.05, 3.63) is 28.0 Å². The van der Waals surface area contributed by atoms with E-state index < -0.39 is 0 Å². The molecule has 0 amide bonds. The van der Waals surface area contributed by atoms with E-state index in [-0.39, 0.29) is 0 Å². The van der Waals surface area contributed by atoms with Gasteiger partial charge in [0.25, 0.3) is 0 Å². The maximum atomic E-state index is 6.08. The van der Waals surface area contributed by atoms with Crippen LogP contribution in [0.3, 0.4) is 0 Å². The molecule has 0 fully saturated rings. The molecule has 3 nitrogen and oxygen atoms in total. The molecule has 2 heterocycles. The summed E-state index contributed by atoms with van der Waals surface area (Å²) in [6.07, 6.45) is 5.75. The van der Waals surface area contributed by atoms with E-state index in [0.29, 0.717) is 21.5 Å². The first-order valence-corrected chi connectivity index (χ1v) is 7.39. The second kappa shape index (κ2) is 5.38. The Hall–Kier alpha value is -0.580. The summed E-state index contributed by atoms with van der Waals surface area (Å²) in [6, 6.07) is 1.68. The summed E-state index contributed by atoms with van der Waals surface area (Å²) in [5, 5.41) is 1.09. The van der Waals surface area contributed by atoms with Crippen molar-refractivity contribution < 1.29 is 0 Å². The molecule has 2 aromatic rings. The predicted molar refractivity (Wildman–Crippen MR) is 76.3 cm³/mol. The van der Waals surface area contributed by atoms with E-state index in [1.807, 2.05) is 11.8 Å². The number of hydrogen-bond donors (Lipinski definition) is 1. The number of rotatable bonds is 4. The first-order chi connectivity index (χ1) is 8.13. The van der Waals surface area contributed by atoms with Crippen molar-refractivity contribution in [3.8, 4) is 0 Å². The van der Waals surface area contributed by atoms with Crippen LogP contribution < -0.4 is 5.73 Å².